The number of rotatable bonds is 4. The minimum atomic E-state index is -0.419. The summed E-state index contributed by atoms with van der Waals surface area (Å²) in [7, 11) is 0. The fourth-order valence-corrected chi connectivity index (χ4v) is 5.28. The van der Waals surface area contributed by atoms with Gasteiger partial charge in [-0.15, -0.1) is 0 Å². The number of fused-ring (bicyclic) bond motifs is 1. The lowest BCUT2D eigenvalue weighted by Gasteiger charge is -2.23. The highest BCUT2D eigenvalue weighted by Gasteiger charge is 2.43. The molecule has 0 spiro atoms. The lowest BCUT2D eigenvalue weighted by Crippen LogP contribution is -2.39. The Morgan fingerprint density at radius 3 is 2.74 bits per heavy atom. The van der Waals surface area contributed by atoms with Crippen molar-refractivity contribution < 1.29 is 14.1 Å². The summed E-state index contributed by atoms with van der Waals surface area (Å²) in [5.41, 5.74) is 6.15. The van der Waals surface area contributed by atoms with Gasteiger partial charge in [0.15, 0.2) is 0 Å². The van der Waals surface area contributed by atoms with E-state index in [0.29, 0.717) is 24.3 Å². The average molecular weight is 469 g/mol. The number of hydrogen-bond acceptors (Lipinski definition) is 5. The van der Waals surface area contributed by atoms with Crippen molar-refractivity contribution in [2.24, 2.45) is 5.92 Å². The first-order valence-electron chi connectivity index (χ1n) is 11.8. The molecular formula is C28H28N4O3. The van der Waals surface area contributed by atoms with Crippen LogP contribution in [0.3, 0.4) is 0 Å². The van der Waals surface area contributed by atoms with Gasteiger partial charge in [0.2, 0.25) is 11.8 Å². The molecule has 1 unspecified atom stereocenters. The predicted octanol–water partition coefficient (Wildman–Crippen LogP) is 4.43. The van der Waals surface area contributed by atoms with E-state index in [4.69, 9.17) is 4.52 Å². The second-order valence-corrected chi connectivity index (χ2v) is 10.2. The molecule has 7 heteroatoms. The number of aromatic nitrogens is 1. The summed E-state index contributed by atoms with van der Waals surface area (Å²) in [5.74, 6) is 0.293. The highest BCUT2D eigenvalue weighted by atomic mass is 16.5. The minimum Gasteiger partial charge on any atom is -0.361 e. The number of nitrogens with zero attached hydrogens (tertiary/aromatic N) is 4. The molecule has 1 fully saturated rings. The first-order chi connectivity index (χ1) is 16.7. The number of carbonyl (C=O) groups is 2. The molecule has 0 bridgehead atoms. The summed E-state index contributed by atoms with van der Waals surface area (Å²) in [6, 6.07) is 15.3. The van der Waals surface area contributed by atoms with Crippen LogP contribution < -0.4 is 9.80 Å². The summed E-state index contributed by atoms with van der Waals surface area (Å²) >= 11 is 0. The van der Waals surface area contributed by atoms with E-state index in [0.717, 1.165) is 40.3 Å². The lowest BCUT2D eigenvalue weighted by atomic mass is 9.85. The second kappa shape index (κ2) is 8.38. The molecular weight excluding hydrogens is 440 g/mol. The van der Waals surface area contributed by atoms with E-state index in [9.17, 15) is 14.9 Å². The standard InChI is InChI=1S/C28H28N4O3/c1-17-23(18(2)35-30-17)11-19-8-9-25-24(12-19)28(3,4)16-32(25)27(34)21-13-26(33)31(15-21)22-7-5-6-20(10-22)14-29/h5-10,12,21H,11,13,15-16H2,1-4H3. The molecule has 3 heterocycles. The van der Waals surface area contributed by atoms with Crippen molar-refractivity contribution in [3.63, 3.8) is 0 Å². The smallest absolute Gasteiger partial charge is 0.232 e. The molecule has 1 saturated heterocycles. The van der Waals surface area contributed by atoms with E-state index in [1.54, 1.807) is 29.2 Å². The van der Waals surface area contributed by atoms with E-state index in [1.165, 1.54) is 0 Å². The van der Waals surface area contributed by atoms with Gasteiger partial charge in [-0.2, -0.15) is 5.26 Å². The van der Waals surface area contributed by atoms with Gasteiger partial charge >= 0.3 is 0 Å². The van der Waals surface area contributed by atoms with E-state index >= 15 is 0 Å². The number of benzene rings is 2. The van der Waals surface area contributed by atoms with Gasteiger partial charge in [0, 0.05) is 48.3 Å². The molecule has 2 aliphatic rings. The fourth-order valence-electron chi connectivity index (χ4n) is 5.28. The van der Waals surface area contributed by atoms with Crippen molar-refractivity contribution >= 4 is 23.2 Å². The molecule has 1 atom stereocenters. The van der Waals surface area contributed by atoms with Gasteiger partial charge in [-0.1, -0.05) is 37.2 Å². The molecule has 1 aromatic heterocycles. The molecule has 2 amide bonds. The van der Waals surface area contributed by atoms with Crippen molar-refractivity contribution in [2.45, 2.75) is 46.0 Å². The second-order valence-electron chi connectivity index (χ2n) is 10.2. The van der Waals surface area contributed by atoms with Crippen molar-refractivity contribution in [1.82, 2.24) is 5.16 Å². The van der Waals surface area contributed by atoms with Gasteiger partial charge in [0.25, 0.3) is 0 Å². The Balaban J connectivity index is 1.38. The number of hydrogen-bond donors (Lipinski definition) is 0. The third-order valence-corrected chi connectivity index (χ3v) is 7.22. The third kappa shape index (κ3) is 3.99. The highest BCUT2D eigenvalue weighted by molar-refractivity contribution is 6.05. The first kappa shape index (κ1) is 22.9. The molecule has 0 saturated carbocycles. The van der Waals surface area contributed by atoms with E-state index in [-0.39, 0.29) is 23.7 Å². The number of nitriles is 1. The van der Waals surface area contributed by atoms with Gasteiger partial charge in [0.05, 0.1) is 23.2 Å². The molecule has 0 radical (unpaired) electrons. The van der Waals surface area contributed by atoms with Gasteiger partial charge < -0.3 is 14.3 Å². The van der Waals surface area contributed by atoms with Gasteiger partial charge in [-0.25, -0.2) is 0 Å². The van der Waals surface area contributed by atoms with Gasteiger partial charge in [-0.3, -0.25) is 9.59 Å². The molecule has 2 aromatic carbocycles. The van der Waals surface area contributed by atoms with Crippen LogP contribution in [-0.4, -0.2) is 30.1 Å². The van der Waals surface area contributed by atoms with E-state index in [2.05, 4.69) is 37.2 Å². The fraction of sp³-hybridized carbons (Fsp3) is 0.357. The monoisotopic (exact) mass is 468 g/mol. The zero-order valence-corrected chi connectivity index (χ0v) is 20.5. The molecule has 35 heavy (non-hydrogen) atoms. The Hall–Kier alpha value is -3.92. The quantitative estimate of drug-likeness (QED) is 0.565. The maximum Gasteiger partial charge on any atom is 0.232 e. The topological polar surface area (TPSA) is 90.4 Å². The third-order valence-electron chi connectivity index (χ3n) is 7.22. The van der Waals surface area contributed by atoms with Crippen LogP contribution in [0.1, 0.15) is 54.0 Å². The zero-order chi connectivity index (χ0) is 24.9. The number of anilines is 2. The Labute approximate surface area is 204 Å². The lowest BCUT2D eigenvalue weighted by molar-refractivity contribution is -0.124. The predicted molar refractivity (Wildman–Crippen MR) is 132 cm³/mol. The van der Waals surface area contributed by atoms with Crippen LogP contribution in [0.15, 0.2) is 47.0 Å². The maximum absolute atomic E-state index is 13.6. The maximum atomic E-state index is 13.6. The number of aryl methyl sites for hydroxylation is 2. The van der Waals surface area contributed by atoms with Crippen LogP contribution in [0.4, 0.5) is 11.4 Å². The minimum absolute atomic E-state index is 0.0254. The van der Waals surface area contributed by atoms with Crippen LogP contribution >= 0.6 is 0 Å². The Morgan fingerprint density at radius 1 is 1.23 bits per heavy atom. The molecule has 3 aromatic rings. The Morgan fingerprint density at radius 2 is 2.03 bits per heavy atom. The largest absolute Gasteiger partial charge is 0.361 e. The highest BCUT2D eigenvalue weighted by Crippen LogP contribution is 2.42. The first-order valence-corrected chi connectivity index (χ1v) is 11.8. The average Bonchev–Trinajstić information content (AvgIpc) is 3.47. The SMILES string of the molecule is Cc1noc(C)c1Cc1ccc2c(c1)C(C)(C)CN2C(=O)C1CC(=O)N(c2cccc(C#N)c2)C1. The zero-order valence-electron chi connectivity index (χ0n) is 20.5. The van der Waals surface area contributed by atoms with Crippen molar-refractivity contribution in [3.05, 3.63) is 76.2 Å². The molecule has 0 aliphatic carbocycles. The normalized spacial score (nSPS) is 18.6. The van der Waals surface area contributed by atoms with Crippen LogP contribution in [0, 0.1) is 31.1 Å². The van der Waals surface area contributed by atoms with Crippen molar-refractivity contribution in [2.75, 3.05) is 22.9 Å². The van der Waals surface area contributed by atoms with Gasteiger partial charge in [-0.05, 0) is 49.2 Å². The Bertz CT molecular complexity index is 1360. The molecule has 7 nitrogen and oxygen atoms in total. The van der Waals surface area contributed by atoms with Crippen LogP contribution in [0.5, 0.6) is 0 Å². The van der Waals surface area contributed by atoms with Gasteiger partial charge in [0.1, 0.15) is 5.76 Å². The van der Waals surface area contributed by atoms with E-state index in [1.807, 2.05) is 24.8 Å². The summed E-state index contributed by atoms with van der Waals surface area (Å²) in [4.78, 5) is 29.9. The summed E-state index contributed by atoms with van der Waals surface area (Å²) in [5, 5.41) is 13.3. The summed E-state index contributed by atoms with van der Waals surface area (Å²) < 4.78 is 5.32. The molecule has 5 rings (SSSR count). The molecule has 178 valence electrons. The van der Waals surface area contributed by atoms with Crippen molar-refractivity contribution in [1.29, 1.82) is 5.26 Å². The number of carbonyl (C=O) groups excluding carboxylic acids is 2. The molecule has 0 N–H and O–H groups in total. The number of amides is 2. The van der Waals surface area contributed by atoms with E-state index < -0.39 is 5.92 Å². The van der Waals surface area contributed by atoms with Crippen molar-refractivity contribution in [3.8, 4) is 6.07 Å². The van der Waals surface area contributed by atoms with Crippen LogP contribution in [-0.2, 0) is 21.4 Å². The summed E-state index contributed by atoms with van der Waals surface area (Å²) in [6.45, 7) is 9.08. The summed E-state index contributed by atoms with van der Waals surface area (Å²) in [6.07, 6.45) is 0.901. The molecule has 2 aliphatic heterocycles. The van der Waals surface area contributed by atoms with Crippen LogP contribution in [0.2, 0.25) is 0 Å². The van der Waals surface area contributed by atoms with Crippen LogP contribution in [0.25, 0.3) is 0 Å². The Kier molecular flexibility index (Phi) is 5.47.